The molecule has 111 valence electrons. The molecule has 1 aliphatic heterocycles. The van der Waals surface area contributed by atoms with Gasteiger partial charge in [0, 0.05) is 23.9 Å². The fraction of sp³-hybridized carbons (Fsp3) is 0.214. The third kappa shape index (κ3) is 2.75. The van der Waals surface area contributed by atoms with Gasteiger partial charge in [0.25, 0.3) is 11.8 Å². The van der Waals surface area contributed by atoms with Gasteiger partial charge in [-0.05, 0) is 18.6 Å². The number of nitrogens with zero attached hydrogens (tertiary/aromatic N) is 4. The maximum atomic E-state index is 12.5. The summed E-state index contributed by atoms with van der Waals surface area (Å²) < 4.78 is 0. The molecule has 22 heavy (non-hydrogen) atoms. The summed E-state index contributed by atoms with van der Waals surface area (Å²) in [6.07, 6.45) is 4.81. The molecule has 0 atom stereocenters. The van der Waals surface area contributed by atoms with Crippen LogP contribution in [-0.2, 0) is 13.0 Å². The van der Waals surface area contributed by atoms with Gasteiger partial charge < -0.3 is 10.6 Å². The molecule has 1 radical (unpaired) electrons. The van der Waals surface area contributed by atoms with E-state index < -0.39 is 5.91 Å². The van der Waals surface area contributed by atoms with E-state index in [1.807, 2.05) is 0 Å². The summed E-state index contributed by atoms with van der Waals surface area (Å²) in [7, 11) is 0. The van der Waals surface area contributed by atoms with Gasteiger partial charge in [-0.15, -0.1) is 0 Å². The summed E-state index contributed by atoms with van der Waals surface area (Å²) in [5.74, 6) is -0.988. The molecule has 0 aromatic carbocycles. The van der Waals surface area contributed by atoms with E-state index in [1.165, 1.54) is 12.3 Å². The molecule has 0 aliphatic carbocycles. The molecule has 0 saturated carbocycles. The zero-order valence-electron chi connectivity index (χ0n) is 11.4. The monoisotopic (exact) mass is 316 g/mol. The summed E-state index contributed by atoms with van der Waals surface area (Å²) in [6.45, 7) is 0.787. The Balaban J connectivity index is 1.85. The minimum Gasteiger partial charge on any atom is -0.363 e. The molecular weight excluding hydrogens is 306 g/mol. The van der Waals surface area contributed by atoms with Gasteiger partial charge in [0.05, 0.1) is 18.4 Å². The zero-order chi connectivity index (χ0) is 15.7. The van der Waals surface area contributed by atoms with Gasteiger partial charge in [0.15, 0.2) is 0 Å². The standard InChI is InChI=1S/C14H11ClN5O2/c15-11-5-8(1-3-17-11)14(22)20-4-2-9-6-18-13(12(16)21)19-10(9)7-20/h1,3,5H,2,4,7H2,(H2,16,21). The van der Waals surface area contributed by atoms with E-state index >= 15 is 0 Å². The lowest BCUT2D eigenvalue weighted by atomic mass is 10.1. The highest BCUT2D eigenvalue weighted by molar-refractivity contribution is 6.29. The Bertz CT molecular complexity index is 765. The first-order valence-electron chi connectivity index (χ1n) is 6.52. The SMILES string of the molecule is NC(=O)c1n[c]c2c(n1)CN(C(=O)c1ccnc(Cl)c1)CC2. The Morgan fingerprint density at radius 3 is 2.95 bits per heavy atom. The largest absolute Gasteiger partial charge is 0.363 e. The fourth-order valence-electron chi connectivity index (χ4n) is 2.24. The van der Waals surface area contributed by atoms with Crippen molar-refractivity contribution in [3.05, 3.63) is 52.3 Å². The maximum absolute atomic E-state index is 12.5. The second-order valence-electron chi connectivity index (χ2n) is 4.79. The minimum absolute atomic E-state index is 0.0972. The number of carbonyl (C=O) groups excluding carboxylic acids is 2. The van der Waals surface area contributed by atoms with Crippen molar-refractivity contribution in [1.82, 2.24) is 19.9 Å². The zero-order valence-corrected chi connectivity index (χ0v) is 12.2. The molecule has 2 N–H and O–H groups in total. The lowest BCUT2D eigenvalue weighted by Crippen LogP contribution is -2.37. The Morgan fingerprint density at radius 1 is 1.41 bits per heavy atom. The molecule has 8 heteroatoms. The van der Waals surface area contributed by atoms with E-state index in [1.54, 1.807) is 11.0 Å². The van der Waals surface area contributed by atoms with Crippen molar-refractivity contribution in [3.63, 3.8) is 0 Å². The molecule has 2 aromatic heterocycles. The molecular formula is C14H11ClN5O2. The van der Waals surface area contributed by atoms with Crippen LogP contribution in [0.5, 0.6) is 0 Å². The number of aromatic nitrogens is 3. The smallest absolute Gasteiger partial charge is 0.286 e. The summed E-state index contributed by atoms with van der Waals surface area (Å²) in [5, 5.41) is 0.259. The van der Waals surface area contributed by atoms with Gasteiger partial charge in [-0.25, -0.2) is 15.0 Å². The number of amides is 2. The Kier molecular flexibility index (Phi) is 3.72. The van der Waals surface area contributed by atoms with Crippen molar-refractivity contribution in [2.24, 2.45) is 5.73 Å². The molecule has 3 rings (SSSR count). The van der Waals surface area contributed by atoms with Crippen LogP contribution in [0.3, 0.4) is 0 Å². The van der Waals surface area contributed by atoms with Gasteiger partial charge in [-0.1, -0.05) is 11.6 Å². The number of hydrogen-bond acceptors (Lipinski definition) is 5. The number of hydrogen-bond donors (Lipinski definition) is 1. The van der Waals surface area contributed by atoms with E-state index in [4.69, 9.17) is 17.3 Å². The quantitative estimate of drug-likeness (QED) is 0.818. The second kappa shape index (κ2) is 5.69. The number of fused-ring (bicyclic) bond motifs is 1. The summed E-state index contributed by atoms with van der Waals surface area (Å²) >= 11 is 5.81. The van der Waals surface area contributed by atoms with Gasteiger partial charge in [0.2, 0.25) is 5.82 Å². The molecule has 0 unspecified atom stereocenters. The maximum Gasteiger partial charge on any atom is 0.286 e. The molecule has 2 aromatic rings. The summed E-state index contributed by atoms with van der Waals surface area (Å²) in [6, 6.07) is 3.12. The van der Waals surface area contributed by atoms with Crippen molar-refractivity contribution < 1.29 is 9.59 Å². The van der Waals surface area contributed by atoms with Gasteiger partial charge in [-0.3, -0.25) is 9.59 Å². The molecule has 0 bridgehead atoms. The molecule has 2 amide bonds. The topological polar surface area (TPSA) is 102 Å². The van der Waals surface area contributed by atoms with Crippen LogP contribution in [0.25, 0.3) is 0 Å². The van der Waals surface area contributed by atoms with Crippen molar-refractivity contribution in [1.29, 1.82) is 0 Å². The summed E-state index contributed by atoms with van der Waals surface area (Å²) in [5.41, 5.74) is 7.00. The fourth-order valence-corrected chi connectivity index (χ4v) is 2.42. The predicted molar refractivity (Wildman–Crippen MR) is 77.1 cm³/mol. The van der Waals surface area contributed by atoms with Crippen LogP contribution >= 0.6 is 11.6 Å². The van der Waals surface area contributed by atoms with Crippen LogP contribution in [0.15, 0.2) is 18.3 Å². The lowest BCUT2D eigenvalue weighted by Gasteiger charge is -2.27. The molecule has 3 heterocycles. The number of halogens is 1. The third-order valence-corrected chi connectivity index (χ3v) is 3.55. The van der Waals surface area contributed by atoms with Gasteiger partial charge in [0.1, 0.15) is 5.15 Å². The van der Waals surface area contributed by atoms with E-state index in [0.29, 0.717) is 24.2 Å². The first-order chi connectivity index (χ1) is 10.5. The van der Waals surface area contributed by atoms with Crippen LogP contribution < -0.4 is 5.73 Å². The number of primary amides is 1. The Hall–Kier alpha value is -2.54. The predicted octanol–water partition coefficient (Wildman–Crippen LogP) is 0.623. The minimum atomic E-state index is -0.719. The second-order valence-corrected chi connectivity index (χ2v) is 5.18. The highest BCUT2D eigenvalue weighted by atomic mass is 35.5. The molecule has 0 fully saturated rings. The Morgan fingerprint density at radius 2 is 2.23 bits per heavy atom. The molecule has 1 aliphatic rings. The highest BCUT2D eigenvalue weighted by Crippen LogP contribution is 2.19. The van der Waals surface area contributed by atoms with Crippen LogP contribution in [-0.4, -0.2) is 38.2 Å². The number of rotatable bonds is 2. The van der Waals surface area contributed by atoms with E-state index in [9.17, 15) is 9.59 Å². The van der Waals surface area contributed by atoms with Crippen molar-refractivity contribution in [2.75, 3.05) is 6.54 Å². The first kappa shape index (κ1) is 14.4. The number of nitrogens with two attached hydrogens (primary N) is 1. The van der Waals surface area contributed by atoms with Crippen LogP contribution in [0.1, 0.15) is 32.2 Å². The molecule has 0 saturated heterocycles. The van der Waals surface area contributed by atoms with Crippen LogP contribution in [0, 0.1) is 6.20 Å². The number of carbonyl (C=O) groups is 2. The van der Waals surface area contributed by atoms with Crippen molar-refractivity contribution in [2.45, 2.75) is 13.0 Å². The molecule has 0 spiro atoms. The first-order valence-corrected chi connectivity index (χ1v) is 6.90. The third-order valence-electron chi connectivity index (χ3n) is 3.34. The molecule has 7 nitrogen and oxygen atoms in total. The normalized spacial score (nSPS) is 13.6. The van der Waals surface area contributed by atoms with E-state index in [0.717, 1.165) is 5.56 Å². The lowest BCUT2D eigenvalue weighted by molar-refractivity contribution is 0.0731. The van der Waals surface area contributed by atoms with Crippen LogP contribution in [0.4, 0.5) is 0 Å². The highest BCUT2D eigenvalue weighted by Gasteiger charge is 2.24. The van der Waals surface area contributed by atoms with Gasteiger partial charge in [-0.2, -0.15) is 0 Å². The van der Waals surface area contributed by atoms with Crippen LogP contribution in [0.2, 0.25) is 5.15 Å². The van der Waals surface area contributed by atoms with E-state index in [-0.39, 0.29) is 23.4 Å². The average Bonchev–Trinajstić information content (AvgIpc) is 2.53. The summed E-state index contributed by atoms with van der Waals surface area (Å²) in [4.78, 5) is 37.0. The Labute approximate surface area is 131 Å². The average molecular weight is 317 g/mol. The van der Waals surface area contributed by atoms with Gasteiger partial charge >= 0.3 is 0 Å². The van der Waals surface area contributed by atoms with Crippen molar-refractivity contribution in [3.8, 4) is 0 Å². The number of pyridine rings is 1. The van der Waals surface area contributed by atoms with E-state index in [2.05, 4.69) is 21.1 Å². The van der Waals surface area contributed by atoms with Crippen molar-refractivity contribution >= 4 is 23.4 Å².